The Labute approximate surface area is 243 Å². The number of carbonyl (C=O) groups is 1. The number of benzene rings is 3. The molecule has 0 atom stereocenters. The molecule has 4 rings (SSSR count). The SMILES string of the molecule is CCCOc1ccc(-c2ccc(OC(F)F)c(/C=C/C(=O)Nc3ccc(SCc4cncn4CCC)cc3)c2)cc1. The number of halogens is 2. The monoisotopic (exact) mass is 577 g/mol. The van der Waals surface area contributed by atoms with Gasteiger partial charge in [0.15, 0.2) is 0 Å². The van der Waals surface area contributed by atoms with Gasteiger partial charge in [0, 0.05) is 46.4 Å². The van der Waals surface area contributed by atoms with Gasteiger partial charge in [-0.05, 0) is 78.6 Å². The fourth-order valence-corrected chi connectivity index (χ4v) is 4.96. The van der Waals surface area contributed by atoms with Crippen LogP contribution in [-0.4, -0.2) is 28.7 Å². The van der Waals surface area contributed by atoms with Crippen molar-refractivity contribution in [2.45, 2.75) is 50.5 Å². The number of hydrogen-bond acceptors (Lipinski definition) is 5. The van der Waals surface area contributed by atoms with Crippen molar-refractivity contribution in [3.8, 4) is 22.6 Å². The van der Waals surface area contributed by atoms with Crippen LogP contribution < -0.4 is 14.8 Å². The summed E-state index contributed by atoms with van der Waals surface area (Å²) in [4.78, 5) is 18.0. The number of nitrogens with one attached hydrogen (secondary N) is 1. The second-order valence-corrected chi connectivity index (χ2v) is 10.3. The highest BCUT2D eigenvalue weighted by Gasteiger charge is 2.11. The molecule has 214 valence electrons. The average Bonchev–Trinajstić information content (AvgIpc) is 3.42. The zero-order valence-electron chi connectivity index (χ0n) is 23.1. The minimum Gasteiger partial charge on any atom is -0.494 e. The standard InChI is InChI=1S/C32H33F2N3O3S/c1-3-17-37-22-35-20-27(37)21-41-29-13-9-26(10-14-29)36-31(38)16-8-25-19-24(7-15-30(25)40-32(33)34)23-5-11-28(12-6-23)39-18-4-2/h5-16,19-20,22,32H,3-4,17-18,21H2,1-2H3,(H,36,38)/b16-8+. The summed E-state index contributed by atoms with van der Waals surface area (Å²) in [6.07, 6.45) is 8.47. The van der Waals surface area contributed by atoms with Gasteiger partial charge in [-0.25, -0.2) is 4.98 Å². The van der Waals surface area contributed by atoms with Crippen LogP contribution in [0.1, 0.15) is 37.9 Å². The molecular weight excluding hydrogens is 544 g/mol. The van der Waals surface area contributed by atoms with Crippen LogP contribution in [0.15, 0.2) is 90.2 Å². The van der Waals surface area contributed by atoms with Crippen LogP contribution in [0.3, 0.4) is 0 Å². The van der Waals surface area contributed by atoms with E-state index >= 15 is 0 Å². The van der Waals surface area contributed by atoms with Crippen molar-refractivity contribution in [3.63, 3.8) is 0 Å². The Morgan fingerprint density at radius 2 is 1.78 bits per heavy atom. The minimum atomic E-state index is -2.99. The number of thioether (sulfide) groups is 1. The first kappa shape index (κ1) is 29.9. The van der Waals surface area contributed by atoms with Gasteiger partial charge in [0.25, 0.3) is 0 Å². The molecular formula is C32H33F2N3O3S. The Bertz CT molecular complexity index is 1440. The fraction of sp³-hybridized carbons (Fsp3) is 0.250. The molecule has 0 spiro atoms. The highest BCUT2D eigenvalue weighted by atomic mass is 32.2. The summed E-state index contributed by atoms with van der Waals surface area (Å²) in [6.45, 7) is 2.76. The third-order valence-corrected chi connectivity index (χ3v) is 7.12. The van der Waals surface area contributed by atoms with Crippen LogP contribution in [0, 0.1) is 0 Å². The zero-order valence-corrected chi connectivity index (χ0v) is 23.9. The molecule has 4 aromatic rings. The van der Waals surface area contributed by atoms with Gasteiger partial charge in [0.05, 0.1) is 12.9 Å². The predicted molar refractivity (Wildman–Crippen MR) is 160 cm³/mol. The number of ether oxygens (including phenoxy) is 2. The number of rotatable bonds is 14. The number of nitrogens with zero attached hydrogens (tertiary/aromatic N) is 2. The summed E-state index contributed by atoms with van der Waals surface area (Å²) in [5, 5.41) is 2.81. The van der Waals surface area contributed by atoms with E-state index in [0.717, 1.165) is 52.6 Å². The molecule has 0 aliphatic rings. The van der Waals surface area contributed by atoms with Crippen LogP contribution in [-0.2, 0) is 17.1 Å². The summed E-state index contributed by atoms with van der Waals surface area (Å²) in [6, 6.07) is 20.0. The quantitative estimate of drug-likeness (QED) is 0.121. The van der Waals surface area contributed by atoms with E-state index in [1.54, 1.807) is 23.9 Å². The van der Waals surface area contributed by atoms with E-state index in [4.69, 9.17) is 4.74 Å². The fourth-order valence-electron chi connectivity index (χ4n) is 4.08. The van der Waals surface area contributed by atoms with Crippen molar-refractivity contribution in [2.24, 2.45) is 0 Å². The molecule has 1 heterocycles. The van der Waals surface area contributed by atoms with Gasteiger partial charge in [-0.1, -0.05) is 32.0 Å². The van der Waals surface area contributed by atoms with E-state index in [0.29, 0.717) is 17.9 Å². The van der Waals surface area contributed by atoms with Crippen molar-refractivity contribution in [1.82, 2.24) is 9.55 Å². The number of aryl methyl sites for hydroxylation is 1. The Balaban J connectivity index is 1.40. The van der Waals surface area contributed by atoms with E-state index in [2.05, 4.69) is 26.5 Å². The van der Waals surface area contributed by atoms with Crippen LogP contribution in [0.25, 0.3) is 17.2 Å². The number of hydrogen-bond donors (Lipinski definition) is 1. The number of aromatic nitrogens is 2. The van der Waals surface area contributed by atoms with Crippen molar-refractivity contribution >= 4 is 29.4 Å². The summed E-state index contributed by atoms with van der Waals surface area (Å²) < 4.78 is 38.5. The second-order valence-electron chi connectivity index (χ2n) is 9.22. The van der Waals surface area contributed by atoms with E-state index in [1.807, 2.05) is 68.0 Å². The normalized spacial score (nSPS) is 11.2. The van der Waals surface area contributed by atoms with Crippen LogP contribution in [0.4, 0.5) is 14.5 Å². The molecule has 0 aliphatic heterocycles. The molecule has 1 aromatic heterocycles. The molecule has 0 unspecified atom stereocenters. The molecule has 0 saturated heterocycles. The molecule has 0 radical (unpaired) electrons. The van der Waals surface area contributed by atoms with E-state index in [1.165, 1.54) is 18.2 Å². The van der Waals surface area contributed by atoms with Crippen molar-refractivity contribution < 1.29 is 23.0 Å². The number of amides is 1. The second kappa shape index (κ2) is 15.0. The lowest BCUT2D eigenvalue weighted by atomic mass is 10.0. The lowest BCUT2D eigenvalue weighted by Gasteiger charge is -2.11. The first-order valence-electron chi connectivity index (χ1n) is 13.5. The molecule has 0 saturated carbocycles. The van der Waals surface area contributed by atoms with Crippen molar-refractivity contribution in [3.05, 3.63) is 96.6 Å². The first-order valence-corrected chi connectivity index (χ1v) is 14.5. The summed E-state index contributed by atoms with van der Waals surface area (Å²) in [7, 11) is 0. The van der Waals surface area contributed by atoms with Gasteiger partial charge >= 0.3 is 6.61 Å². The first-order chi connectivity index (χ1) is 19.9. The van der Waals surface area contributed by atoms with E-state index in [-0.39, 0.29) is 11.7 Å². The lowest BCUT2D eigenvalue weighted by molar-refractivity contribution is -0.111. The Morgan fingerprint density at radius 3 is 2.49 bits per heavy atom. The molecule has 0 fully saturated rings. The Kier molecular flexibility index (Phi) is 11.0. The third kappa shape index (κ3) is 8.94. The maximum Gasteiger partial charge on any atom is 0.387 e. The molecule has 3 aromatic carbocycles. The van der Waals surface area contributed by atoms with Gasteiger partial charge in [0.1, 0.15) is 11.5 Å². The highest BCUT2D eigenvalue weighted by molar-refractivity contribution is 7.98. The Morgan fingerprint density at radius 1 is 1.02 bits per heavy atom. The van der Waals surface area contributed by atoms with Crippen LogP contribution >= 0.6 is 11.8 Å². The number of alkyl halides is 2. The summed E-state index contributed by atoms with van der Waals surface area (Å²) in [5.41, 5.74) is 3.82. The molecule has 1 N–H and O–H groups in total. The number of anilines is 1. The molecule has 9 heteroatoms. The predicted octanol–water partition coefficient (Wildman–Crippen LogP) is 8.29. The van der Waals surface area contributed by atoms with Crippen LogP contribution in [0.5, 0.6) is 11.5 Å². The van der Waals surface area contributed by atoms with Gasteiger partial charge < -0.3 is 19.4 Å². The lowest BCUT2D eigenvalue weighted by Crippen LogP contribution is -2.08. The maximum absolute atomic E-state index is 13.0. The maximum atomic E-state index is 13.0. The van der Waals surface area contributed by atoms with Gasteiger partial charge in [-0.3, -0.25) is 4.79 Å². The van der Waals surface area contributed by atoms with Gasteiger partial charge in [0.2, 0.25) is 5.91 Å². The summed E-state index contributed by atoms with van der Waals surface area (Å²) in [5.74, 6) is 1.15. The highest BCUT2D eigenvalue weighted by Crippen LogP contribution is 2.30. The molecule has 0 bridgehead atoms. The zero-order chi connectivity index (χ0) is 29.0. The number of carbonyl (C=O) groups excluding carboxylic acids is 1. The molecule has 6 nitrogen and oxygen atoms in total. The average molecular weight is 578 g/mol. The third-order valence-electron chi connectivity index (χ3n) is 6.07. The summed E-state index contributed by atoms with van der Waals surface area (Å²) >= 11 is 1.69. The van der Waals surface area contributed by atoms with Crippen molar-refractivity contribution in [2.75, 3.05) is 11.9 Å². The van der Waals surface area contributed by atoms with E-state index < -0.39 is 6.61 Å². The minimum absolute atomic E-state index is 0.0163. The topological polar surface area (TPSA) is 65.4 Å². The number of imidazole rings is 1. The smallest absolute Gasteiger partial charge is 0.387 e. The molecule has 41 heavy (non-hydrogen) atoms. The van der Waals surface area contributed by atoms with Crippen molar-refractivity contribution in [1.29, 1.82) is 0 Å². The largest absolute Gasteiger partial charge is 0.494 e. The van der Waals surface area contributed by atoms with Gasteiger partial charge in [-0.15, -0.1) is 11.8 Å². The molecule has 0 aliphatic carbocycles. The van der Waals surface area contributed by atoms with E-state index in [9.17, 15) is 13.6 Å². The Hall–Kier alpha value is -4.11. The molecule has 1 amide bonds. The van der Waals surface area contributed by atoms with Gasteiger partial charge in [-0.2, -0.15) is 8.78 Å². The van der Waals surface area contributed by atoms with Crippen LogP contribution in [0.2, 0.25) is 0 Å².